The summed E-state index contributed by atoms with van der Waals surface area (Å²) in [7, 11) is 0. The average Bonchev–Trinajstić information content (AvgIpc) is 2.77. The number of hydrogen-bond acceptors (Lipinski definition) is 3. The molecule has 1 aromatic heterocycles. The molecule has 0 fully saturated rings. The molecular weight excluding hydrogens is 250 g/mol. The van der Waals surface area contributed by atoms with Gasteiger partial charge in [-0.3, -0.25) is 9.59 Å². The van der Waals surface area contributed by atoms with E-state index in [0.717, 1.165) is 4.88 Å². The van der Waals surface area contributed by atoms with Crippen LogP contribution in [0.1, 0.15) is 38.6 Å². The van der Waals surface area contributed by atoms with Crippen LogP contribution in [0, 0.1) is 11.3 Å². The molecule has 0 radical (unpaired) electrons. The van der Waals surface area contributed by atoms with Gasteiger partial charge in [0.25, 0.3) is 0 Å². The Kier molecular flexibility index (Phi) is 4.51. The summed E-state index contributed by atoms with van der Waals surface area (Å²) < 4.78 is 0. The predicted octanol–water partition coefficient (Wildman–Crippen LogP) is 2.67. The van der Waals surface area contributed by atoms with E-state index in [1.165, 1.54) is 13.8 Å². The van der Waals surface area contributed by atoms with Gasteiger partial charge in [0.1, 0.15) is 5.41 Å². The second-order valence-corrected chi connectivity index (χ2v) is 6.12. The van der Waals surface area contributed by atoms with Crippen LogP contribution >= 0.6 is 11.3 Å². The molecule has 1 heterocycles. The molecule has 18 heavy (non-hydrogen) atoms. The Bertz CT molecular complexity index is 423. The van der Waals surface area contributed by atoms with Crippen molar-refractivity contribution in [2.24, 2.45) is 11.3 Å². The zero-order valence-electron chi connectivity index (χ0n) is 11.1. The molecule has 1 unspecified atom stereocenters. The van der Waals surface area contributed by atoms with Gasteiger partial charge in [-0.25, -0.2) is 0 Å². The molecule has 5 heteroatoms. The molecule has 0 spiro atoms. The number of rotatable bonds is 5. The lowest BCUT2D eigenvalue weighted by Crippen LogP contribution is -2.44. The van der Waals surface area contributed by atoms with Crippen molar-refractivity contribution in [1.29, 1.82) is 0 Å². The minimum Gasteiger partial charge on any atom is -0.480 e. The third-order valence-electron chi connectivity index (χ3n) is 2.91. The SMILES string of the molecule is CC(C)C(NC(=O)C(C)(C)C(=O)O)c1cccs1. The van der Waals surface area contributed by atoms with E-state index in [9.17, 15) is 9.59 Å². The van der Waals surface area contributed by atoms with E-state index in [-0.39, 0.29) is 12.0 Å². The van der Waals surface area contributed by atoms with Gasteiger partial charge >= 0.3 is 5.97 Å². The number of aliphatic carboxylic acids is 1. The number of carbonyl (C=O) groups excluding carboxylic acids is 1. The van der Waals surface area contributed by atoms with Crippen LogP contribution < -0.4 is 5.32 Å². The molecule has 100 valence electrons. The fourth-order valence-electron chi connectivity index (χ4n) is 1.45. The second-order valence-electron chi connectivity index (χ2n) is 5.14. The Labute approximate surface area is 111 Å². The normalized spacial score (nSPS) is 13.4. The molecule has 0 aliphatic rings. The third-order valence-corrected chi connectivity index (χ3v) is 3.86. The van der Waals surface area contributed by atoms with Gasteiger partial charge in [-0.2, -0.15) is 0 Å². The predicted molar refractivity (Wildman–Crippen MR) is 71.5 cm³/mol. The Morgan fingerprint density at radius 1 is 1.39 bits per heavy atom. The van der Waals surface area contributed by atoms with E-state index in [1.807, 2.05) is 31.4 Å². The fourth-order valence-corrected chi connectivity index (χ4v) is 2.40. The molecular formula is C13H19NO3S. The minimum atomic E-state index is -1.41. The van der Waals surface area contributed by atoms with Gasteiger partial charge in [0.05, 0.1) is 6.04 Å². The number of amides is 1. The fraction of sp³-hybridized carbons (Fsp3) is 0.538. The maximum atomic E-state index is 12.0. The van der Waals surface area contributed by atoms with E-state index in [1.54, 1.807) is 11.3 Å². The first-order valence-corrected chi connectivity index (χ1v) is 6.72. The monoisotopic (exact) mass is 269 g/mol. The second kappa shape index (κ2) is 5.52. The third kappa shape index (κ3) is 3.10. The lowest BCUT2D eigenvalue weighted by atomic mass is 9.91. The Morgan fingerprint density at radius 3 is 2.39 bits per heavy atom. The van der Waals surface area contributed by atoms with Crippen molar-refractivity contribution in [2.75, 3.05) is 0 Å². The van der Waals surface area contributed by atoms with E-state index in [2.05, 4.69) is 5.32 Å². The molecule has 1 rings (SSSR count). The number of carboxylic acid groups (broad SMARTS) is 1. The van der Waals surface area contributed by atoms with Crippen LogP contribution in [0.15, 0.2) is 17.5 Å². The van der Waals surface area contributed by atoms with Crippen LogP contribution in [0.25, 0.3) is 0 Å². The highest BCUT2D eigenvalue weighted by molar-refractivity contribution is 7.10. The summed E-state index contributed by atoms with van der Waals surface area (Å²) >= 11 is 1.56. The number of hydrogen-bond donors (Lipinski definition) is 2. The van der Waals surface area contributed by atoms with Crippen LogP contribution in [0.5, 0.6) is 0 Å². The highest BCUT2D eigenvalue weighted by Crippen LogP contribution is 2.27. The van der Waals surface area contributed by atoms with Gasteiger partial charge in [0.2, 0.25) is 5.91 Å². The van der Waals surface area contributed by atoms with Crippen molar-refractivity contribution in [1.82, 2.24) is 5.32 Å². The summed E-state index contributed by atoms with van der Waals surface area (Å²) in [6, 6.07) is 3.73. The topological polar surface area (TPSA) is 66.4 Å². The van der Waals surface area contributed by atoms with Gasteiger partial charge in [0.15, 0.2) is 0 Å². The van der Waals surface area contributed by atoms with Crippen molar-refractivity contribution in [3.05, 3.63) is 22.4 Å². The molecule has 0 saturated carbocycles. The number of nitrogens with one attached hydrogen (secondary N) is 1. The minimum absolute atomic E-state index is 0.142. The van der Waals surface area contributed by atoms with Gasteiger partial charge in [-0.05, 0) is 31.2 Å². The zero-order valence-corrected chi connectivity index (χ0v) is 11.9. The Balaban J connectivity index is 2.87. The van der Waals surface area contributed by atoms with E-state index in [0.29, 0.717) is 0 Å². The van der Waals surface area contributed by atoms with Crippen LogP contribution in [0.2, 0.25) is 0 Å². The molecule has 0 saturated heterocycles. The van der Waals surface area contributed by atoms with Crippen molar-refractivity contribution >= 4 is 23.2 Å². The molecule has 1 aromatic rings. The molecule has 0 bridgehead atoms. The standard InChI is InChI=1S/C13H19NO3S/c1-8(2)10(9-6-5-7-18-9)14-11(15)13(3,4)12(16)17/h5-8,10H,1-4H3,(H,14,15)(H,16,17). The number of carbonyl (C=O) groups is 2. The van der Waals surface area contributed by atoms with E-state index >= 15 is 0 Å². The van der Waals surface area contributed by atoms with Gasteiger partial charge < -0.3 is 10.4 Å². The summed E-state index contributed by atoms with van der Waals surface area (Å²) in [5, 5.41) is 13.8. The largest absolute Gasteiger partial charge is 0.480 e. The molecule has 0 aliphatic carbocycles. The summed E-state index contributed by atoms with van der Waals surface area (Å²) in [5.41, 5.74) is -1.41. The summed E-state index contributed by atoms with van der Waals surface area (Å²) in [5.74, 6) is -1.37. The van der Waals surface area contributed by atoms with Gasteiger partial charge in [0, 0.05) is 4.88 Å². The molecule has 0 aliphatic heterocycles. The first kappa shape index (κ1) is 14.7. The lowest BCUT2D eigenvalue weighted by Gasteiger charge is -2.26. The maximum Gasteiger partial charge on any atom is 0.318 e. The van der Waals surface area contributed by atoms with E-state index in [4.69, 9.17) is 5.11 Å². The first-order valence-electron chi connectivity index (χ1n) is 5.84. The van der Waals surface area contributed by atoms with Crippen LogP contribution in [0.3, 0.4) is 0 Å². The Hall–Kier alpha value is -1.36. The maximum absolute atomic E-state index is 12.0. The zero-order chi connectivity index (χ0) is 13.9. The van der Waals surface area contributed by atoms with Crippen LogP contribution in [0.4, 0.5) is 0 Å². The molecule has 1 atom stereocenters. The van der Waals surface area contributed by atoms with Gasteiger partial charge in [-0.15, -0.1) is 11.3 Å². The van der Waals surface area contributed by atoms with Crippen molar-refractivity contribution in [3.8, 4) is 0 Å². The summed E-state index contributed by atoms with van der Waals surface area (Å²) in [4.78, 5) is 24.1. The molecule has 1 amide bonds. The quantitative estimate of drug-likeness (QED) is 0.808. The average molecular weight is 269 g/mol. The highest BCUT2D eigenvalue weighted by atomic mass is 32.1. The smallest absolute Gasteiger partial charge is 0.318 e. The molecule has 4 nitrogen and oxygen atoms in total. The Morgan fingerprint density at radius 2 is 2.00 bits per heavy atom. The molecule has 0 aromatic carbocycles. The van der Waals surface area contributed by atoms with Gasteiger partial charge in [-0.1, -0.05) is 19.9 Å². The van der Waals surface area contributed by atoms with Crippen molar-refractivity contribution < 1.29 is 14.7 Å². The first-order chi connectivity index (χ1) is 8.26. The summed E-state index contributed by atoms with van der Waals surface area (Å²) in [6.07, 6.45) is 0. The van der Waals surface area contributed by atoms with Crippen LogP contribution in [-0.2, 0) is 9.59 Å². The van der Waals surface area contributed by atoms with Crippen molar-refractivity contribution in [3.63, 3.8) is 0 Å². The summed E-state index contributed by atoms with van der Waals surface area (Å²) in [6.45, 7) is 6.82. The molecule has 2 N–H and O–H groups in total. The number of thiophene rings is 1. The van der Waals surface area contributed by atoms with Crippen LogP contribution in [-0.4, -0.2) is 17.0 Å². The van der Waals surface area contributed by atoms with E-state index < -0.39 is 17.3 Å². The van der Waals surface area contributed by atoms with Crippen molar-refractivity contribution in [2.45, 2.75) is 33.7 Å². The highest BCUT2D eigenvalue weighted by Gasteiger charge is 2.37. The number of carboxylic acids is 1. The lowest BCUT2D eigenvalue weighted by molar-refractivity contribution is -0.153.